The molecule has 1 N–H and O–H groups in total. The molecule has 29 heavy (non-hydrogen) atoms. The molecule has 1 fully saturated rings. The van der Waals surface area contributed by atoms with Crippen LogP contribution in [0, 0.1) is 5.92 Å². The van der Waals surface area contributed by atoms with Gasteiger partial charge in [0.15, 0.2) is 0 Å². The smallest absolute Gasteiger partial charge is 0.236 e. The fraction of sp³-hybridized carbons (Fsp3) is 0.318. The van der Waals surface area contributed by atoms with E-state index in [1.807, 2.05) is 55.5 Å². The number of benzene rings is 2. The molecule has 2 aromatic rings. The molecule has 1 heterocycles. The Labute approximate surface area is 177 Å². The lowest BCUT2D eigenvalue weighted by Gasteiger charge is -2.30. The van der Waals surface area contributed by atoms with Crippen LogP contribution in [-0.2, 0) is 14.8 Å². The summed E-state index contributed by atoms with van der Waals surface area (Å²) in [7, 11) is -3.50. The van der Waals surface area contributed by atoms with Gasteiger partial charge in [-0.05, 0) is 43.0 Å². The van der Waals surface area contributed by atoms with E-state index in [1.165, 1.54) is 9.71 Å². The van der Waals surface area contributed by atoms with Gasteiger partial charge in [0, 0.05) is 29.4 Å². The quantitative estimate of drug-likeness (QED) is 0.742. The van der Waals surface area contributed by atoms with E-state index in [2.05, 4.69) is 5.32 Å². The van der Waals surface area contributed by atoms with Crippen LogP contribution < -0.4 is 5.32 Å². The summed E-state index contributed by atoms with van der Waals surface area (Å²) >= 11 is 6.20. The van der Waals surface area contributed by atoms with Crippen molar-refractivity contribution in [2.75, 3.05) is 13.1 Å². The first-order chi connectivity index (χ1) is 13.9. The van der Waals surface area contributed by atoms with Crippen molar-refractivity contribution >= 4 is 33.6 Å². The second-order valence-electron chi connectivity index (χ2n) is 7.18. The molecule has 0 aromatic heterocycles. The van der Waals surface area contributed by atoms with Crippen LogP contribution in [0.3, 0.4) is 0 Å². The Kier molecular flexibility index (Phi) is 7.11. The highest BCUT2D eigenvalue weighted by Crippen LogP contribution is 2.25. The van der Waals surface area contributed by atoms with E-state index >= 15 is 0 Å². The van der Waals surface area contributed by atoms with Gasteiger partial charge in [0.1, 0.15) is 0 Å². The van der Waals surface area contributed by atoms with Gasteiger partial charge in [-0.15, -0.1) is 0 Å². The van der Waals surface area contributed by atoms with Crippen molar-refractivity contribution in [1.29, 1.82) is 0 Å². The van der Waals surface area contributed by atoms with Crippen LogP contribution in [0.2, 0.25) is 5.02 Å². The largest absolute Gasteiger partial charge is 0.349 e. The van der Waals surface area contributed by atoms with Gasteiger partial charge < -0.3 is 5.32 Å². The van der Waals surface area contributed by atoms with E-state index in [1.54, 1.807) is 12.1 Å². The third-order valence-corrected chi connectivity index (χ3v) is 7.06. The summed E-state index contributed by atoms with van der Waals surface area (Å²) in [5.41, 5.74) is 1.70. The summed E-state index contributed by atoms with van der Waals surface area (Å²) in [6, 6.07) is 16.5. The topological polar surface area (TPSA) is 66.5 Å². The number of halogens is 1. The molecule has 154 valence electrons. The van der Waals surface area contributed by atoms with E-state index in [9.17, 15) is 13.2 Å². The summed E-state index contributed by atoms with van der Waals surface area (Å²) in [6.45, 7) is 2.56. The molecule has 0 spiro atoms. The molecule has 3 rings (SSSR count). The van der Waals surface area contributed by atoms with Crippen LogP contribution in [0.4, 0.5) is 0 Å². The molecular formula is C22H25ClN2O3S. The van der Waals surface area contributed by atoms with Crippen LogP contribution in [0.25, 0.3) is 6.08 Å². The predicted molar refractivity (Wildman–Crippen MR) is 117 cm³/mol. The second kappa shape index (κ2) is 9.57. The summed E-state index contributed by atoms with van der Waals surface area (Å²) in [4.78, 5) is 12.6. The highest BCUT2D eigenvalue weighted by Gasteiger charge is 2.30. The molecule has 5 nitrogen and oxygen atoms in total. The van der Waals surface area contributed by atoms with E-state index in [0.29, 0.717) is 31.0 Å². The Morgan fingerprint density at radius 2 is 1.72 bits per heavy atom. The van der Waals surface area contributed by atoms with E-state index in [4.69, 9.17) is 11.6 Å². The number of hydrogen-bond donors (Lipinski definition) is 1. The van der Waals surface area contributed by atoms with Crippen LogP contribution in [0.5, 0.6) is 0 Å². The molecule has 0 radical (unpaired) electrons. The Morgan fingerprint density at radius 1 is 1.10 bits per heavy atom. The predicted octanol–water partition coefficient (Wildman–Crippen LogP) is 4.23. The number of hydrogen-bond acceptors (Lipinski definition) is 3. The minimum absolute atomic E-state index is 0.0608. The number of carbonyl (C=O) groups is 1. The molecule has 2 aromatic carbocycles. The molecule has 1 aliphatic rings. The monoisotopic (exact) mass is 432 g/mol. The summed E-state index contributed by atoms with van der Waals surface area (Å²) in [6.07, 6.45) is 2.60. The molecule has 0 aliphatic carbocycles. The average Bonchev–Trinajstić information content (AvgIpc) is 2.73. The van der Waals surface area contributed by atoms with Crippen LogP contribution >= 0.6 is 11.6 Å². The number of sulfonamides is 1. The third kappa shape index (κ3) is 5.69. The SMILES string of the molecule is C[C@H](NC(=O)C1CCN(S(=O)(=O)/C=C\c2ccccc2)CC1)c1ccccc1Cl. The lowest BCUT2D eigenvalue weighted by atomic mass is 9.96. The number of carbonyl (C=O) groups excluding carboxylic acids is 1. The minimum atomic E-state index is -3.50. The van der Waals surface area contributed by atoms with Crippen LogP contribution in [0.15, 0.2) is 60.0 Å². The molecule has 0 bridgehead atoms. The number of piperidine rings is 1. The molecule has 1 amide bonds. The second-order valence-corrected chi connectivity index (χ2v) is 9.41. The lowest BCUT2D eigenvalue weighted by Crippen LogP contribution is -2.42. The van der Waals surface area contributed by atoms with Crippen molar-refractivity contribution in [2.24, 2.45) is 5.92 Å². The standard InChI is InChI=1S/C22H25ClN2O3S/c1-17(20-9-5-6-10-21(20)23)24-22(26)19-11-14-25(15-12-19)29(27,28)16-13-18-7-3-2-4-8-18/h2-10,13,16-17,19H,11-12,14-15H2,1H3,(H,24,26)/b16-13-/t17-/m0/s1. The molecule has 0 unspecified atom stereocenters. The zero-order valence-electron chi connectivity index (χ0n) is 16.3. The molecule has 1 atom stereocenters. The van der Waals surface area contributed by atoms with Gasteiger partial charge in [0.2, 0.25) is 15.9 Å². The maximum absolute atomic E-state index is 12.6. The summed E-state index contributed by atoms with van der Waals surface area (Å²) < 4.78 is 26.6. The highest BCUT2D eigenvalue weighted by molar-refractivity contribution is 7.92. The van der Waals surface area contributed by atoms with Gasteiger partial charge in [-0.2, -0.15) is 4.31 Å². The molecule has 0 saturated carbocycles. The lowest BCUT2D eigenvalue weighted by molar-refractivity contribution is -0.126. The maximum Gasteiger partial charge on any atom is 0.236 e. The Hall–Kier alpha value is -2.15. The molecule has 1 aliphatic heterocycles. The first kappa shape index (κ1) is 21.6. The number of rotatable bonds is 6. The zero-order chi connectivity index (χ0) is 20.9. The summed E-state index contributed by atoms with van der Waals surface area (Å²) in [5, 5.41) is 4.86. The first-order valence-electron chi connectivity index (χ1n) is 9.65. The van der Waals surface area contributed by atoms with E-state index in [0.717, 1.165) is 11.1 Å². The first-order valence-corrected chi connectivity index (χ1v) is 11.5. The normalized spacial score (nSPS) is 17.3. The van der Waals surface area contributed by atoms with E-state index in [-0.39, 0.29) is 17.9 Å². The van der Waals surface area contributed by atoms with Crippen molar-refractivity contribution in [1.82, 2.24) is 9.62 Å². The fourth-order valence-electron chi connectivity index (χ4n) is 3.42. The Balaban J connectivity index is 1.55. The van der Waals surface area contributed by atoms with E-state index < -0.39 is 10.0 Å². The summed E-state index contributed by atoms with van der Waals surface area (Å²) in [5.74, 6) is -0.265. The van der Waals surface area contributed by atoms with Crippen molar-refractivity contribution in [3.8, 4) is 0 Å². The Morgan fingerprint density at radius 3 is 2.38 bits per heavy atom. The van der Waals surface area contributed by atoms with Crippen molar-refractivity contribution in [3.63, 3.8) is 0 Å². The van der Waals surface area contributed by atoms with Crippen LogP contribution in [0.1, 0.15) is 36.9 Å². The van der Waals surface area contributed by atoms with Gasteiger partial charge in [0.05, 0.1) is 6.04 Å². The molecule has 7 heteroatoms. The number of amides is 1. The minimum Gasteiger partial charge on any atom is -0.349 e. The highest BCUT2D eigenvalue weighted by atomic mass is 35.5. The van der Waals surface area contributed by atoms with Crippen molar-refractivity contribution < 1.29 is 13.2 Å². The zero-order valence-corrected chi connectivity index (χ0v) is 17.9. The fourth-order valence-corrected chi connectivity index (χ4v) is 4.94. The molecule has 1 saturated heterocycles. The molecular weight excluding hydrogens is 408 g/mol. The Bertz CT molecular complexity index is 969. The average molecular weight is 433 g/mol. The van der Waals surface area contributed by atoms with Crippen molar-refractivity contribution in [3.05, 3.63) is 76.2 Å². The maximum atomic E-state index is 12.6. The van der Waals surface area contributed by atoms with Gasteiger partial charge in [-0.3, -0.25) is 4.79 Å². The number of nitrogens with one attached hydrogen (secondary N) is 1. The van der Waals surface area contributed by atoms with Gasteiger partial charge >= 0.3 is 0 Å². The van der Waals surface area contributed by atoms with Crippen molar-refractivity contribution in [2.45, 2.75) is 25.8 Å². The van der Waals surface area contributed by atoms with Gasteiger partial charge in [-0.25, -0.2) is 8.42 Å². The van der Waals surface area contributed by atoms with Gasteiger partial charge in [0.25, 0.3) is 0 Å². The third-order valence-electron chi connectivity index (χ3n) is 5.15. The van der Waals surface area contributed by atoms with Crippen LogP contribution in [-0.4, -0.2) is 31.7 Å². The van der Waals surface area contributed by atoms with Gasteiger partial charge in [-0.1, -0.05) is 60.1 Å². The number of nitrogens with zero attached hydrogens (tertiary/aromatic N) is 1.